The highest BCUT2D eigenvalue weighted by atomic mass is 16.5. The Morgan fingerprint density at radius 1 is 0.714 bits per heavy atom. The van der Waals surface area contributed by atoms with Crippen molar-refractivity contribution in [3.8, 4) is 0 Å². The van der Waals surface area contributed by atoms with Crippen LogP contribution in [-0.2, 0) is 16.7 Å². The van der Waals surface area contributed by atoms with E-state index in [0.29, 0.717) is 0 Å². The molecule has 1 atom stereocenters. The van der Waals surface area contributed by atoms with E-state index >= 15 is 0 Å². The van der Waals surface area contributed by atoms with Crippen LogP contribution in [0.15, 0.2) is 103 Å². The number of hydrogen-bond donors (Lipinski definition) is 1. The van der Waals surface area contributed by atoms with E-state index in [2.05, 4.69) is 96.2 Å². The van der Waals surface area contributed by atoms with Crippen molar-refractivity contribution in [1.82, 2.24) is 5.23 Å². The molecule has 1 radical (unpaired) electrons. The average molecular weight is 362 g/mol. The van der Waals surface area contributed by atoms with E-state index in [1.54, 1.807) is 7.62 Å². The van der Waals surface area contributed by atoms with Gasteiger partial charge >= 0.3 is 7.62 Å². The molecule has 4 aromatic carbocycles. The number of benzene rings is 4. The van der Waals surface area contributed by atoms with Crippen LogP contribution in [0.3, 0.4) is 0 Å². The van der Waals surface area contributed by atoms with Crippen LogP contribution in [0.1, 0.15) is 16.7 Å². The zero-order valence-corrected chi connectivity index (χ0v) is 15.6. The monoisotopic (exact) mass is 362 g/mol. The van der Waals surface area contributed by atoms with Gasteiger partial charge in [0, 0.05) is 6.04 Å². The van der Waals surface area contributed by atoms with Crippen molar-refractivity contribution in [1.29, 1.82) is 0 Å². The maximum Gasteiger partial charge on any atom is 0.397 e. The second-order valence-electron chi connectivity index (χ2n) is 7.31. The fourth-order valence-corrected chi connectivity index (χ4v) is 4.29. The lowest BCUT2D eigenvalue weighted by Gasteiger charge is -2.36. The third-order valence-electron chi connectivity index (χ3n) is 5.66. The quantitative estimate of drug-likeness (QED) is 0.524. The van der Waals surface area contributed by atoms with E-state index in [-0.39, 0.29) is 6.04 Å². The molecule has 28 heavy (non-hydrogen) atoms. The van der Waals surface area contributed by atoms with Gasteiger partial charge in [0.1, 0.15) is 5.60 Å². The summed E-state index contributed by atoms with van der Waals surface area (Å²) in [5, 5.41) is 6.03. The van der Waals surface area contributed by atoms with E-state index < -0.39 is 5.60 Å². The Kier molecular flexibility index (Phi) is 4.48. The zero-order valence-electron chi connectivity index (χ0n) is 15.6. The summed E-state index contributed by atoms with van der Waals surface area (Å²) in [4.78, 5) is 0. The van der Waals surface area contributed by atoms with Crippen LogP contribution in [-0.4, -0.2) is 13.7 Å². The molecule has 0 unspecified atom stereocenters. The van der Waals surface area contributed by atoms with Gasteiger partial charge in [0.2, 0.25) is 0 Å². The van der Waals surface area contributed by atoms with Crippen molar-refractivity contribution in [2.45, 2.75) is 18.1 Å². The van der Waals surface area contributed by atoms with Crippen LogP contribution in [0, 0.1) is 0 Å². The molecular weight excluding hydrogens is 341 g/mol. The van der Waals surface area contributed by atoms with E-state index in [9.17, 15) is 0 Å². The van der Waals surface area contributed by atoms with Crippen molar-refractivity contribution >= 4 is 18.4 Å². The van der Waals surface area contributed by atoms with Crippen molar-refractivity contribution < 1.29 is 4.65 Å². The zero-order chi connectivity index (χ0) is 18.8. The molecule has 0 bridgehead atoms. The summed E-state index contributed by atoms with van der Waals surface area (Å²) in [5.41, 5.74) is 3.07. The summed E-state index contributed by atoms with van der Waals surface area (Å²) in [6.07, 6.45) is 0.866. The fraction of sp³-hybridized carbons (Fsp3) is 0.120. The molecule has 5 rings (SSSR count). The van der Waals surface area contributed by atoms with Gasteiger partial charge < -0.3 is 9.88 Å². The number of rotatable bonds is 4. The first-order valence-electron chi connectivity index (χ1n) is 9.70. The molecule has 1 N–H and O–H groups in total. The van der Waals surface area contributed by atoms with Gasteiger partial charge in [0.15, 0.2) is 0 Å². The smallest absolute Gasteiger partial charge is 0.397 e. The first-order valence-corrected chi connectivity index (χ1v) is 9.70. The molecule has 3 heteroatoms. The highest BCUT2D eigenvalue weighted by molar-refractivity contribution is 6.25. The Morgan fingerprint density at radius 3 is 2.00 bits per heavy atom. The van der Waals surface area contributed by atoms with Gasteiger partial charge in [-0.1, -0.05) is 103 Å². The molecule has 1 fully saturated rings. The predicted octanol–water partition coefficient (Wildman–Crippen LogP) is 4.85. The maximum absolute atomic E-state index is 6.35. The molecule has 0 aromatic heterocycles. The van der Waals surface area contributed by atoms with Gasteiger partial charge in [-0.3, -0.25) is 0 Å². The average Bonchev–Trinajstić information content (AvgIpc) is 3.19. The van der Waals surface area contributed by atoms with Crippen LogP contribution in [0.25, 0.3) is 10.8 Å². The highest BCUT2D eigenvalue weighted by Crippen LogP contribution is 2.40. The predicted molar refractivity (Wildman–Crippen MR) is 115 cm³/mol. The van der Waals surface area contributed by atoms with Crippen molar-refractivity contribution in [3.63, 3.8) is 0 Å². The fourth-order valence-electron chi connectivity index (χ4n) is 4.29. The Hall–Kier alpha value is -2.88. The first-order chi connectivity index (χ1) is 13.9. The maximum atomic E-state index is 6.35. The van der Waals surface area contributed by atoms with Gasteiger partial charge in [-0.2, -0.15) is 0 Å². The standard InChI is InChI=1S/C25H21BNO/c1-3-11-22(12-4-1)25(23-13-5-2-6-14-23)24(27-26-28-25)18-19-15-16-20-9-7-8-10-21(20)17-19/h1-17,24,27H,18H2/t24-/m1/s1. The van der Waals surface area contributed by atoms with Crippen molar-refractivity contribution in [3.05, 3.63) is 120 Å². The molecule has 1 heterocycles. The second kappa shape index (κ2) is 7.27. The Bertz CT molecular complexity index is 1040. The van der Waals surface area contributed by atoms with Crippen LogP contribution in [0.5, 0.6) is 0 Å². The summed E-state index contributed by atoms with van der Waals surface area (Å²) in [6.45, 7) is 0. The molecule has 1 aliphatic rings. The summed E-state index contributed by atoms with van der Waals surface area (Å²) in [5.74, 6) is 0. The minimum absolute atomic E-state index is 0.0958. The molecule has 0 saturated carbocycles. The molecule has 1 aliphatic heterocycles. The van der Waals surface area contributed by atoms with Gasteiger partial charge in [-0.25, -0.2) is 0 Å². The van der Waals surface area contributed by atoms with E-state index in [4.69, 9.17) is 4.65 Å². The van der Waals surface area contributed by atoms with Crippen LogP contribution in [0.4, 0.5) is 0 Å². The molecule has 2 nitrogen and oxygen atoms in total. The van der Waals surface area contributed by atoms with Crippen molar-refractivity contribution in [2.24, 2.45) is 0 Å². The van der Waals surface area contributed by atoms with Gasteiger partial charge in [-0.05, 0) is 33.9 Å². The van der Waals surface area contributed by atoms with Crippen molar-refractivity contribution in [2.75, 3.05) is 0 Å². The third kappa shape index (κ3) is 2.93. The SMILES string of the molecule is [B]1N[C@H](Cc2ccc3ccccc3c2)C(c2ccccc2)(c2ccccc2)O1. The third-order valence-corrected chi connectivity index (χ3v) is 5.66. The molecule has 0 amide bonds. The number of fused-ring (bicyclic) bond motifs is 1. The van der Waals surface area contributed by atoms with E-state index in [1.807, 2.05) is 12.1 Å². The van der Waals surface area contributed by atoms with E-state index in [0.717, 1.165) is 17.5 Å². The summed E-state index contributed by atoms with van der Waals surface area (Å²) >= 11 is 0. The van der Waals surface area contributed by atoms with Crippen LogP contribution >= 0.6 is 0 Å². The normalized spacial score (nSPS) is 18.1. The summed E-state index contributed by atoms with van der Waals surface area (Å²) < 4.78 is 6.35. The van der Waals surface area contributed by atoms with Gasteiger partial charge in [-0.15, -0.1) is 0 Å². The largest absolute Gasteiger partial charge is 0.409 e. The van der Waals surface area contributed by atoms with Crippen LogP contribution in [0.2, 0.25) is 0 Å². The lowest BCUT2D eigenvalue weighted by Crippen LogP contribution is -2.43. The molecule has 0 spiro atoms. The molecular formula is C25H21BNO. The van der Waals surface area contributed by atoms with E-state index in [1.165, 1.54) is 16.3 Å². The molecule has 4 aromatic rings. The second-order valence-corrected chi connectivity index (χ2v) is 7.31. The first kappa shape index (κ1) is 17.2. The Balaban J connectivity index is 1.58. The Morgan fingerprint density at radius 2 is 1.32 bits per heavy atom. The summed E-state index contributed by atoms with van der Waals surface area (Å²) in [7, 11) is 1.76. The summed E-state index contributed by atoms with van der Waals surface area (Å²) in [6, 6.07) is 36.3. The number of nitrogens with one attached hydrogen (secondary N) is 1. The topological polar surface area (TPSA) is 21.3 Å². The minimum atomic E-state index is -0.547. The van der Waals surface area contributed by atoms with Gasteiger partial charge in [0.25, 0.3) is 0 Å². The number of hydrogen-bond acceptors (Lipinski definition) is 2. The van der Waals surface area contributed by atoms with Crippen LogP contribution < -0.4 is 5.23 Å². The lowest BCUT2D eigenvalue weighted by atomic mass is 9.78. The molecule has 135 valence electrons. The minimum Gasteiger partial charge on any atom is -0.409 e. The Labute approximate surface area is 166 Å². The molecule has 1 saturated heterocycles. The molecule has 0 aliphatic carbocycles. The lowest BCUT2D eigenvalue weighted by molar-refractivity contribution is 0.118. The van der Waals surface area contributed by atoms with Gasteiger partial charge in [0.05, 0.1) is 0 Å². The highest BCUT2D eigenvalue weighted by Gasteiger charge is 2.47.